The Morgan fingerprint density at radius 2 is 1.86 bits per heavy atom. The molecule has 0 saturated heterocycles. The summed E-state index contributed by atoms with van der Waals surface area (Å²) in [5.41, 5.74) is 2.60. The number of benzene rings is 2. The lowest BCUT2D eigenvalue weighted by Crippen LogP contribution is -2.32. The van der Waals surface area contributed by atoms with Gasteiger partial charge in [0, 0.05) is 18.1 Å². The maximum Gasteiger partial charge on any atom is 0.289 e. The summed E-state index contributed by atoms with van der Waals surface area (Å²) in [7, 11) is 1.59. The zero-order chi connectivity index (χ0) is 20.1. The first-order valence-electron chi connectivity index (χ1n) is 9.54. The molecule has 2 heterocycles. The highest BCUT2D eigenvalue weighted by molar-refractivity contribution is 5.97. The minimum absolute atomic E-state index is 0.162. The minimum atomic E-state index is -0.162. The predicted molar refractivity (Wildman–Crippen MR) is 112 cm³/mol. The molecule has 0 unspecified atom stereocenters. The third kappa shape index (κ3) is 4.29. The number of hydrogen-bond acceptors (Lipinski definition) is 4. The maximum absolute atomic E-state index is 13.3. The van der Waals surface area contributed by atoms with Crippen LogP contribution in [-0.4, -0.2) is 29.4 Å². The lowest BCUT2D eigenvalue weighted by Gasteiger charge is -2.21. The summed E-state index contributed by atoms with van der Waals surface area (Å²) in [5.74, 6) is 0.750. The average Bonchev–Trinajstić information content (AvgIpc) is 3.22. The van der Waals surface area contributed by atoms with E-state index in [1.165, 1.54) is 5.56 Å². The maximum atomic E-state index is 13.3. The van der Waals surface area contributed by atoms with E-state index in [9.17, 15) is 4.79 Å². The lowest BCUT2D eigenvalue weighted by atomic mass is 10.1. The number of aromatic nitrogens is 1. The fraction of sp³-hybridized carbons (Fsp3) is 0.167. The van der Waals surface area contributed by atoms with Gasteiger partial charge in [-0.2, -0.15) is 0 Å². The van der Waals surface area contributed by atoms with Crippen molar-refractivity contribution in [3.63, 3.8) is 0 Å². The number of fused-ring (bicyclic) bond motifs is 1. The molecule has 0 saturated carbocycles. The monoisotopic (exact) mass is 386 g/mol. The first-order valence-corrected chi connectivity index (χ1v) is 9.54. The topological polar surface area (TPSA) is 55.6 Å². The van der Waals surface area contributed by atoms with Crippen LogP contribution in [0.15, 0.2) is 83.4 Å². The van der Waals surface area contributed by atoms with E-state index in [0.29, 0.717) is 30.2 Å². The van der Waals surface area contributed by atoms with Gasteiger partial charge in [0.25, 0.3) is 5.91 Å². The Kier molecular flexibility index (Phi) is 5.56. The van der Waals surface area contributed by atoms with Gasteiger partial charge in [-0.05, 0) is 36.2 Å². The van der Waals surface area contributed by atoms with Gasteiger partial charge in [0.2, 0.25) is 0 Å². The minimum Gasteiger partial charge on any atom is -0.493 e. The number of nitrogens with zero attached hydrogens (tertiary/aromatic N) is 2. The fourth-order valence-electron chi connectivity index (χ4n) is 3.31. The van der Waals surface area contributed by atoms with Crippen molar-refractivity contribution in [2.45, 2.75) is 13.0 Å². The summed E-state index contributed by atoms with van der Waals surface area (Å²) < 4.78 is 11.2. The molecule has 0 fully saturated rings. The summed E-state index contributed by atoms with van der Waals surface area (Å²) in [5, 5.41) is 0.841. The lowest BCUT2D eigenvalue weighted by molar-refractivity contribution is 0.0713. The molecular weight excluding hydrogens is 364 g/mol. The van der Waals surface area contributed by atoms with Gasteiger partial charge in [-0.3, -0.25) is 9.78 Å². The van der Waals surface area contributed by atoms with Gasteiger partial charge < -0.3 is 14.1 Å². The number of pyridine rings is 1. The molecule has 0 aliphatic rings. The standard InChI is InChI=1S/C24H22N2O3/c1-28-21-12-7-10-19-16-22(29-23(19)21)24(27)26(17-20-11-5-6-14-25-20)15-13-18-8-3-2-4-9-18/h2-12,14,16H,13,15,17H2,1H3. The van der Waals surface area contributed by atoms with Gasteiger partial charge in [-0.15, -0.1) is 0 Å². The van der Waals surface area contributed by atoms with Crippen molar-refractivity contribution in [2.75, 3.05) is 13.7 Å². The second kappa shape index (κ2) is 8.61. The molecule has 0 N–H and O–H groups in total. The molecule has 0 spiro atoms. The fourth-order valence-corrected chi connectivity index (χ4v) is 3.31. The molecule has 2 aromatic carbocycles. The predicted octanol–water partition coefficient (Wildman–Crippen LogP) is 4.72. The van der Waals surface area contributed by atoms with Gasteiger partial charge >= 0.3 is 0 Å². The van der Waals surface area contributed by atoms with E-state index in [-0.39, 0.29) is 5.91 Å². The smallest absolute Gasteiger partial charge is 0.289 e. The van der Waals surface area contributed by atoms with Crippen LogP contribution in [0.3, 0.4) is 0 Å². The number of para-hydroxylation sites is 1. The zero-order valence-electron chi connectivity index (χ0n) is 16.2. The first kappa shape index (κ1) is 18.7. The summed E-state index contributed by atoms with van der Waals surface area (Å²) in [6, 6.07) is 23.2. The molecule has 29 heavy (non-hydrogen) atoms. The zero-order valence-corrected chi connectivity index (χ0v) is 16.2. The molecule has 0 bridgehead atoms. The highest BCUT2D eigenvalue weighted by Gasteiger charge is 2.21. The van der Waals surface area contributed by atoms with E-state index < -0.39 is 0 Å². The number of amides is 1. The van der Waals surface area contributed by atoms with E-state index in [2.05, 4.69) is 17.1 Å². The van der Waals surface area contributed by atoms with Crippen LogP contribution in [0.2, 0.25) is 0 Å². The molecule has 146 valence electrons. The highest BCUT2D eigenvalue weighted by atomic mass is 16.5. The van der Waals surface area contributed by atoms with Crippen LogP contribution < -0.4 is 4.74 Å². The van der Waals surface area contributed by atoms with Gasteiger partial charge in [0.15, 0.2) is 17.1 Å². The van der Waals surface area contributed by atoms with Gasteiger partial charge in [-0.1, -0.05) is 48.5 Å². The van der Waals surface area contributed by atoms with Crippen LogP contribution in [-0.2, 0) is 13.0 Å². The molecule has 5 nitrogen and oxygen atoms in total. The number of carbonyl (C=O) groups is 1. The summed E-state index contributed by atoms with van der Waals surface area (Å²) >= 11 is 0. The molecular formula is C24H22N2O3. The summed E-state index contributed by atoms with van der Waals surface area (Å²) in [4.78, 5) is 19.5. The third-order valence-electron chi connectivity index (χ3n) is 4.82. The second-order valence-corrected chi connectivity index (χ2v) is 6.77. The summed E-state index contributed by atoms with van der Waals surface area (Å²) in [6.45, 7) is 0.980. The van der Waals surface area contributed by atoms with Crippen LogP contribution in [0, 0.1) is 0 Å². The quantitative estimate of drug-likeness (QED) is 0.461. The van der Waals surface area contributed by atoms with Crippen molar-refractivity contribution >= 4 is 16.9 Å². The molecule has 4 rings (SSSR count). The Morgan fingerprint density at radius 3 is 2.62 bits per heavy atom. The van der Waals surface area contributed by atoms with Crippen LogP contribution in [0.1, 0.15) is 21.8 Å². The Hall–Kier alpha value is -3.60. The van der Waals surface area contributed by atoms with E-state index in [1.807, 2.05) is 54.6 Å². The van der Waals surface area contributed by atoms with Crippen molar-refractivity contribution in [1.82, 2.24) is 9.88 Å². The molecule has 0 atom stereocenters. The highest BCUT2D eigenvalue weighted by Crippen LogP contribution is 2.29. The van der Waals surface area contributed by atoms with Gasteiger partial charge in [-0.25, -0.2) is 0 Å². The van der Waals surface area contributed by atoms with Gasteiger partial charge in [0.1, 0.15) is 0 Å². The molecule has 0 radical (unpaired) electrons. The molecule has 2 aromatic heterocycles. The Morgan fingerprint density at radius 1 is 1.03 bits per heavy atom. The third-order valence-corrected chi connectivity index (χ3v) is 4.82. The summed E-state index contributed by atoms with van der Waals surface area (Å²) in [6.07, 6.45) is 2.49. The van der Waals surface area contributed by atoms with Crippen molar-refractivity contribution < 1.29 is 13.9 Å². The Balaban J connectivity index is 1.61. The number of hydrogen-bond donors (Lipinski definition) is 0. The molecule has 5 heteroatoms. The molecule has 1 amide bonds. The molecule has 0 aliphatic heterocycles. The number of rotatable bonds is 7. The van der Waals surface area contributed by atoms with Crippen LogP contribution >= 0.6 is 0 Å². The Bertz CT molecular complexity index is 1090. The number of carbonyl (C=O) groups excluding carboxylic acids is 1. The van der Waals surface area contributed by atoms with Crippen molar-refractivity contribution in [2.24, 2.45) is 0 Å². The van der Waals surface area contributed by atoms with Crippen molar-refractivity contribution in [3.05, 3.63) is 96.0 Å². The van der Waals surface area contributed by atoms with E-state index in [1.54, 1.807) is 24.3 Å². The van der Waals surface area contributed by atoms with Crippen molar-refractivity contribution in [1.29, 1.82) is 0 Å². The van der Waals surface area contributed by atoms with E-state index >= 15 is 0 Å². The normalized spacial score (nSPS) is 10.8. The first-order chi connectivity index (χ1) is 14.2. The Labute approximate surface area is 169 Å². The number of ether oxygens (including phenoxy) is 1. The van der Waals surface area contributed by atoms with Crippen LogP contribution in [0.4, 0.5) is 0 Å². The van der Waals surface area contributed by atoms with Crippen LogP contribution in [0.25, 0.3) is 11.0 Å². The van der Waals surface area contributed by atoms with E-state index in [0.717, 1.165) is 17.5 Å². The van der Waals surface area contributed by atoms with Crippen molar-refractivity contribution in [3.8, 4) is 5.75 Å². The number of methoxy groups -OCH3 is 1. The molecule has 0 aliphatic carbocycles. The largest absolute Gasteiger partial charge is 0.493 e. The average molecular weight is 386 g/mol. The molecule has 4 aromatic rings. The SMILES string of the molecule is COc1cccc2cc(C(=O)N(CCc3ccccc3)Cc3ccccn3)oc12. The number of furan rings is 1. The second-order valence-electron chi connectivity index (χ2n) is 6.77. The van der Waals surface area contributed by atoms with Crippen LogP contribution in [0.5, 0.6) is 5.75 Å². The van der Waals surface area contributed by atoms with E-state index in [4.69, 9.17) is 9.15 Å². The van der Waals surface area contributed by atoms with Gasteiger partial charge in [0.05, 0.1) is 19.3 Å².